The topological polar surface area (TPSA) is 75.4 Å². The first kappa shape index (κ1) is 14.3. The van der Waals surface area contributed by atoms with Crippen molar-refractivity contribution >= 4 is 22.4 Å². The normalized spacial score (nSPS) is 13.9. The lowest BCUT2D eigenvalue weighted by molar-refractivity contribution is -0.118. The molecule has 4 heteroatoms. The Morgan fingerprint density at radius 1 is 1.25 bits per heavy atom. The van der Waals surface area contributed by atoms with E-state index in [1.165, 1.54) is 0 Å². The molecule has 0 aliphatic rings. The number of carbonyl (C=O) groups is 1. The summed E-state index contributed by atoms with van der Waals surface area (Å²) in [4.78, 5) is 12.1. The van der Waals surface area contributed by atoms with Crippen LogP contribution in [0.3, 0.4) is 0 Å². The molecule has 4 N–H and O–H groups in total. The number of rotatable bonds is 4. The molecule has 0 radical (unpaired) electrons. The minimum atomic E-state index is -0.535. The third-order valence-corrected chi connectivity index (χ3v) is 3.72. The number of fused-ring (bicyclic) bond motifs is 1. The second kappa shape index (κ2) is 5.92. The minimum absolute atomic E-state index is 0.123. The summed E-state index contributed by atoms with van der Waals surface area (Å²) in [6.45, 7) is 3.97. The van der Waals surface area contributed by atoms with E-state index < -0.39 is 6.04 Å². The Morgan fingerprint density at radius 2 is 1.90 bits per heavy atom. The molecule has 0 bridgehead atoms. The number of hydrogen-bond acceptors (Lipinski definition) is 3. The van der Waals surface area contributed by atoms with Crippen LogP contribution in [0.1, 0.15) is 20.3 Å². The van der Waals surface area contributed by atoms with Gasteiger partial charge in [-0.15, -0.1) is 0 Å². The van der Waals surface area contributed by atoms with Crippen molar-refractivity contribution in [2.75, 3.05) is 5.32 Å². The highest BCUT2D eigenvalue weighted by Crippen LogP contribution is 2.29. The van der Waals surface area contributed by atoms with Crippen molar-refractivity contribution in [2.24, 2.45) is 11.7 Å². The molecule has 0 saturated carbocycles. The summed E-state index contributed by atoms with van der Waals surface area (Å²) >= 11 is 0. The lowest BCUT2D eigenvalue weighted by Gasteiger charge is -2.18. The number of nitrogens with one attached hydrogen (secondary N) is 1. The quantitative estimate of drug-likeness (QED) is 0.801. The van der Waals surface area contributed by atoms with E-state index in [0.717, 1.165) is 11.8 Å². The van der Waals surface area contributed by atoms with Gasteiger partial charge in [-0.1, -0.05) is 44.5 Å². The fourth-order valence-corrected chi connectivity index (χ4v) is 2.13. The van der Waals surface area contributed by atoms with Gasteiger partial charge in [0.25, 0.3) is 0 Å². The summed E-state index contributed by atoms with van der Waals surface area (Å²) in [6, 6.07) is 10.1. The number of anilines is 1. The smallest absolute Gasteiger partial charge is 0.241 e. The van der Waals surface area contributed by atoms with Gasteiger partial charge in [-0.3, -0.25) is 4.79 Å². The first-order valence-corrected chi connectivity index (χ1v) is 6.81. The van der Waals surface area contributed by atoms with E-state index >= 15 is 0 Å². The standard InChI is InChI=1S/C16H20N2O2/c1-3-10(2)15(17)16(20)18-13-8-4-7-12-11(13)6-5-9-14(12)19/h4-10,15,19H,3,17H2,1-2H3,(H,18,20). The molecule has 0 aromatic heterocycles. The van der Waals surface area contributed by atoms with Crippen LogP contribution in [0.15, 0.2) is 36.4 Å². The molecule has 0 aliphatic carbocycles. The van der Waals surface area contributed by atoms with Gasteiger partial charge in [0.15, 0.2) is 0 Å². The van der Waals surface area contributed by atoms with Crippen molar-refractivity contribution in [2.45, 2.75) is 26.3 Å². The van der Waals surface area contributed by atoms with Crippen LogP contribution in [0.2, 0.25) is 0 Å². The minimum Gasteiger partial charge on any atom is -0.507 e. The number of benzene rings is 2. The Labute approximate surface area is 118 Å². The maximum absolute atomic E-state index is 12.1. The van der Waals surface area contributed by atoms with Crippen LogP contribution in [-0.4, -0.2) is 17.1 Å². The molecule has 0 aliphatic heterocycles. The number of hydrogen-bond donors (Lipinski definition) is 3. The van der Waals surface area contributed by atoms with E-state index in [-0.39, 0.29) is 17.6 Å². The fraction of sp³-hybridized carbons (Fsp3) is 0.312. The molecule has 4 nitrogen and oxygen atoms in total. The molecule has 0 heterocycles. The van der Waals surface area contributed by atoms with Crippen LogP contribution in [-0.2, 0) is 4.79 Å². The summed E-state index contributed by atoms with van der Waals surface area (Å²) in [6.07, 6.45) is 0.852. The van der Waals surface area contributed by atoms with Crippen molar-refractivity contribution in [3.63, 3.8) is 0 Å². The van der Waals surface area contributed by atoms with E-state index in [1.807, 2.05) is 32.0 Å². The van der Waals surface area contributed by atoms with Gasteiger partial charge >= 0.3 is 0 Å². The Bertz CT molecular complexity index is 625. The van der Waals surface area contributed by atoms with Crippen LogP contribution in [0.4, 0.5) is 5.69 Å². The summed E-state index contributed by atoms with van der Waals surface area (Å²) in [5.41, 5.74) is 6.60. The first-order valence-electron chi connectivity index (χ1n) is 6.81. The van der Waals surface area contributed by atoms with Crippen molar-refractivity contribution in [1.29, 1.82) is 0 Å². The lowest BCUT2D eigenvalue weighted by Crippen LogP contribution is -2.40. The molecule has 2 unspecified atom stereocenters. The highest BCUT2D eigenvalue weighted by molar-refractivity contribution is 6.05. The van der Waals surface area contributed by atoms with E-state index in [9.17, 15) is 9.90 Å². The van der Waals surface area contributed by atoms with Gasteiger partial charge in [-0.05, 0) is 18.1 Å². The molecular formula is C16H20N2O2. The number of phenols is 1. The van der Waals surface area contributed by atoms with Gasteiger partial charge in [0.2, 0.25) is 5.91 Å². The molecule has 2 rings (SSSR count). The predicted octanol–water partition coefficient (Wildman–Crippen LogP) is 2.86. The van der Waals surface area contributed by atoms with Gasteiger partial charge in [0.05, 0.1) is 6.04 Å². The summed E-state index contributed by atoms with van der Waals surface area (Å²) in [5.74, 6) is 0.124. The molecule has 0 fully saturated rings. The molecule has 106 valence electrons. The first-order chi connectivity index (χ1) is 9.54. The summed E-state index contributed by atoms with van der Waals surface area (Å²) in [5, 5.41) is 14.2. The van der Waals surface area contributed by atoms with Gasteiger partial charge < -0.3 is 16.2 Å². The third-order valence-electron chi connectivity index (χ3n) is 3.72. The second-order valence-electron chi connectivity index (χ2n) is 5.08. The van der Waals surface area contributed by atoms with Gasteiger partial charge in [0.1, 0.15) is 5.75 Å². The number of aromatic hydroxyl groups is 1. The highest BCUT2D eigenvalue weighted by atomic mass is 16.3. The van der Waals surface area contributed by atoms with Crippen molar-refractivity contribution < 1.29 is 9.90 Å². The van der Waals surface area contributed by atoms with Crippen molar-refractivity contribution in [3.8, 4) is 5.75 Å². The third kappa shape index (κ3) is 2.75. The molecule has 20 heavy (non-hydrogen) atoms. The fourth-order valence-electron chi connectivity index (χ4n) is 2.13. The van der Waals surface area contributed by atoms with E-state index in [2.05, 4.69) is 5.32 Å². The van der Waals surface area contributed by atoms with Crippen molar-refractivity contribution in [3.05, 3.63) is 36.4 Å². The summed E-state index contributed by atoms with van der Waals surface area (Å²) < 4.78 is 0. The van der Waals surface area contributed by atoms with Crippen LogP contribution in [0.5, 0.6) is 5.75 Å². The number of nitrogens with two attached hydrogens (primary N) is 1. The molecule has 0 spiro atoms. The van der Waals surface area contributed by atoms with Gasteiger partial charge in [-0.25, -0.2) is 0 Å². The molecule has 0 saturated heterocycles. The van der Waals surface area contributed by atoms with Crippen LogP contribution in [0.25, 0.3) is 10.8 Å². The Kier molecular flexibility index (Phi) is 4.25. The summed E-state index contributed by atoms with van der Waals surface area (Å²) in [7, 11) is 0. The SMILES string of the molecule is CCC(C)C(N)C(=O)Nc1cccc2c(O)cccc12. The van der Waals surface area contributed by atoms with Gasteiger partial charge in [-0.2, -0.15) is 0 Å². The van der Waals surface area contributed by atoms with E-state index in [4.69, 9.17) is 5.73 Å². The highest BCUT2D eigenvalue weighted by Gasteiger charge is 2.20. The second-order valence-corrected chi connectivity index (χ2v) is 5.08. The molecule has 2 atom stereocenters. The average Bonchev–Trinajstić information content (AvgIpc) is 2.46. The monoisotopic (exact) mass is 272 g/mol. The average molecular weight is 272 g/mol. The number of carbonyl (C=O) groups excluding carboxylic acids is 1. The van der Waals surface area contributed by atoms with Crippen LogP contribution < -0.4 is 11.1 Å². The molecule has 2 aromatic carbocycles. The van der Waals surface area contributed by atoms with Crippen LogP contribution >= 0.6 is 0 Å². The lowest BCUT2D eigenvalue weighted by atomic mass is 9.99. The largest absolute Gasteiger partial charge is 0.507 e. The molecular weight excluding hydrogens is 252 g/mol. The number of amides is 1. The Morgan fingerprint density at radius 3 is 2.60 bits per heavy atom. The van der Waals surface area contributed by atoms with E-state index in [1.54, 1.807) is 18.2 Å². The maximum Gasteiger partial charge on any atom is 0.241 e. The molecule has 1 amide bonds. The van der Waals surface area contributed by atoms with Crippen molar-refractivity contribution in [1.82, 2.24) is 0 Å². The van der Waals surface area contributed by atoms with Gasteiger partial charge in [0, 0.05) is 16.5 Å². The zero-order valence-electron chi connectivity index (χ0n) is 11.8. The maximum atomic E-state index is 12.1. The number of phenolic OH excluding ortho intramolecular Hbond substituents is 1. The Balaban J connectivity index is 2.31. The van der Waals surface area contributed by atoms with E-state index in [0.29, 0.717) is 11.1 Å². The molecule has 2 aromatic rings. The zero-order chi connectivity index (χ0) is 14.7. The van der Waals surface area contributed by atoms with Crippen LogP contribution in [0, 0.1) is 5.92 Å². The zero-order valence-corrected chi connectivity index (χ0v) is 11.8. The Hall–Kier alpha value is -2.07. The predicted molar refractivity (Wildman–Crippen MR) is 81.7 cm³/mol.